The zero-order valence-electron chi connectivity index (χ0n) is 10.3. The number of hydrogen-bond donors (Lipinski definition) is 2. The summed E-state index contributed by atoms with van der Waals surface area (Å²) in [5, 5.41) is 10.3. The molecule has 0 bridgehead atoms. The Kier molecular flexibility index (Phi) is 3.54. The third-order valence-electron chi connectivity index (χ3n) is 3.52. The highest BCUT2D eigenvalue weighted by Crippen LogP contribution is 2.43. The summed E-state index contributed by atoms with van der Waals surface area (Å²) in [6.07, 6.45) is 1.19. The van der Waals surface area contributed by atoms with Crippen LogP contribution >= 0.6 is 0 Å². The number of ether oxygens (including phenoxy) is 2. The van der Waals surface area contributed by atoms with Gasteiger partial charge in [0.1, 0.15) is 11.5 Å². The first-order valence-electron chi connectivity index (χ1n) is 5.84. The molecule has 2 atom stereocenters. The van der Waals surface area contributed by atoms with Crippen molar-refractivity contribution in [1.82, 2.24) is 0 Å². The van der Waals surface area contributed by atoms with Gasteiger partial charge in [-0.25, -0.2) is 0 Å². The van der Waals surface area contributed by atoms with Crippen LogP contribution in [0.25, 0.3) is 0 Å². The van der Waals surface area contributed by atoms with Gasteiger partial charge in [0, 0.05) is 17.0 Å². The Morgan fingerprint density at radius 1 is 1.29 bits per heavy atom. The molecule has 0 amide bonds. The van der Waals surface area contributed by atoms with Gasteiger partial charge in [0.05, 0.1) is 20.3 Å². The summed E-state index contributed by atoms with van der Waals surface area (Å²) in [7, 11) is 3.25. The Bertz CT molecular complexity index is 406. The van der Waals surface area contributed by atoms with Gasteiger partial charge in [-0.05, 0) is 31.5 Å². The molecule has 2 rings (SSSR count). The molecule has 0 heterocycles. The van der Waals surface area contributed by atoms with Crippen molar-refractivity contribution in [3.05, 3.63) is 23.3 Å². The largest absolute Gasteiger partial charge is 0.496 e. The lowest BCUT2D eigenvalue weighted by atomic mass is 9.80. The minimum atomic E-state index is -0.561. The fourth-order valence-electron chi connectivity index (χ4n) is 2.54. The topological polar surface area (TPSA) is 64.7 Å². The summed E-state index contributed by atoms with van der Waals surface area (Å²) in [5.74, 6) is 1.63. The van der Waals surface area contributed by atoms with Crippen molar-refractivity contribution >= 4 is 0 Å². The van der Waals surface area contributed by atoms with E-state index in [0.29, 0.717) is 12.3 Å². The number of hydrogen-bond acceptors (Lipinski definition) is 4. The van der Waals surface area contributed by atoms with Crippen LogP contribution in [0.1, 0.15) is 23.7 Å². The highest BCUT2D eigenvalue weighted by Gasteiger charge is 2.31. The first-order valence-corrected chi connectivity index (χ1v) is 5.84. The van der Waals surface area contributed by atoms with Gasteiger partial charge in [-0.3, -0.25) is 0 Å². The maximum Gasteiger partial charge on any atom is 0.125 e. The second kappa shape index (κ2) is 4.94. The van der Waals surface area contributed by atoms with Crippen molar-refractivity contribution in [1.29, 1.82) is 0 Å². The highest BCUT2D eigenvalue weighted by molar-refractivity contribution is 5.51. The van der Waals surface area contributed by atoms with E-state index in [2.05, 4.69) is 0 Å². The summed E-state index contributed by atoms with van der Waals surface area (Å²) in [4.78, 5) is 0. The summed E-state index contributed by atoms with van der Waals surface area (Å²) < 4.78 is 10.7. The lowest BCUT2D eigenvalue weighted by Crippen LogP contribution is -2.27. The van der Waals surface area contributed by atoms with Crippen molar-refractivity contribution in [3.8, 4) is 11.5 Å². The van der Waals surface area contributed by atoms with E-state index in [1.54, 1.807) is 14.2 Å². The summed E-state index contributed by atoms with van der Waals surface area (Å²) in [6.45, 7) is 0.487. The van der Waals surface area contributed by atoms with Crippen LogP contribution in [0.15, 0.2) is 12.1 Å². The number of aliphatic hydroxyl groups excluding tert-OH is 1. The predicted molar refractivity (Wildman–Crippen MR) is 65.4 cm³/mol. The number of benzene rings is 1. The van der Waals surface area contributed by atoms with E-state index in [4.69, 9.17) is 15.2 Å². The molecule has 2 unspecified atom stereocenters. The normalized spacial score (nSPS) is 23.1. The van der Waals surface area contributed by atoms with Crippen molar-refractivity contribution in [2.24, 2.45) is 11.7 Å². The number of nitrogens with two attached hydrogens (primary N) is 1. The van der Waals surface area contributed by atoms with Crippen molar-refractivity contribution < 1.29 is 14.6 Å². The van der Waals surface area contributed by atoms with Crippen LogP contribution < -0.4 is 15.2 Å². The molecule has 1 aromatic rings. The molecule has 17 heavy (non-hydrogen) atoms. The van der Waals surface area contributed by atoms with E-state index in [1.807, 2.05) is 12.1 Å². The average molecular weight is 237 g/mol. The standard InChI is InChI=1S/C13H19NO3/c1-16-10-5-6-11(17-2)12-9(10)4-3-8(7-14)13(12)15/h5-6,8,13,15H,3-4,7,14H2,1-2H3. The Labute approximate surface area is 101 Å². The third-order valence-corrected chi connectivity index (χ3v) is 3.52. The van der Waals surface area contributed by atoms with E-state index in [1.165, 1.54) is 0 Å². The Balaban J connectivity index is 2.52. The van der Waals surface area contributed by atoms with Crippen LogP contribution in [0.3, 0.4) is 0 Å². The number of aliphatic hydroxyl groups is 1. The first kappa shape index (κ1) is 12.2. The van der Waals surface area contributed by atoms with Gasteiger partial charge in [0.2, 0.25) is 0 Å². The van der Waals surface area contributed by atoms with Crippen molar-refractivity contribution in [2.45, 2.75) is 18.9 Å². The molecule has 3 N–H and O–H groups in total. The molecule has 0 radical (unpaired) electrons. The summed E-state index contributed by atoms with van der Waals surface area (Å²) in [5.41, 5.74) is 7.57. The van der Waals surface area contributed by atoms with Crippen LogP contribution in [-0.2, 0) is 6.42 Å². The monoisotopic (exact) mass is 237 g/mol. The van der Waals surface area contributed by atoms with Gasteiger partial charge >= 0.3 is 0 Å². The Morgan fingerprint density at radius 2 is 1.94 bits per heavy atom. The second-order valence-electron chi connectivity index (χ2n) is 4.34. The van der Waals surface area contributed by atoms with E-state index < -0.39 is 6.10 Å². The molecule has 0 saturated carbocycles. The van der Waals surface area contributed by atoms with E-state index >= 15 is 0 Å². The van der Waals surface area contributed by atoms with Crippen LogP contribution in [0.5, 0.6) is 11.5 Å². The minimum absolute atomic E-state index is 0.100. The van der Waals surface area contributed by atoms with Crippen LogP contribution in [0.4, 0.5) is 0 Å². The molecule has 0 aliphatic heterocycles. The quantitative estimate of drug-likeness (QED) is 0.830. The SMILES string of the molecule is COc1ccc(OC)c2c1CCC(CN)C2O. The number of fused-ring (bicyclic) bond motifs is 1. The van der Waals surface area contributed by atoms with Crippen molar-refractivity contribution in [3.63, 3.8) is 0 Å². The van der Waals surface area contributed by atoms with E-state index in [0.717, 1.165) is 29.7 Å². The molecular formula is C13H19NO3. The molecule has 0 saturated heterocycles. The fraction of sp³-hybridized carbons (Fsp3) is 0.538. The Morgan fingerprint density at radius 3 is 2.53 bits per heavy atom. The molecule has 0 aromatic heterocycles. The maximum absolute atomic E-state index is 10.3. The molecule has 94 valence electrons. The molecule has 0 fully saturated rings. The summed E-state index contributed by atoms with van der Waals surface area (Å²) in [6, 6.07) is 3.72. The predicted octanol–water partition coefficient (Wildman–Crippen LogP) is 1.26. The molecule has 0 spiro atoms. The zero-order chi connectivity index (χ0) is 12.4. The highest BCUT2D eigenvalue weighted by atomic mass is 16.5. The first-order chi connectivity index (χ1) is 8.22. The molecule has 1 aliphatic rings. The fourth-order valence-corrected chi connectivity index (χ4v) is 2.54. The van der Waals surface area contributed by atoms with Crippen molar-refractivity contribution in [2.75, 3.05) is 20.8 Å². The molecule has 1 aliphatic carbocycles. The van der Waals surface area contributed by atoms with Gasteiger partial charge < -0.3 is 20.3 Å². The average Bonchev–Trinajstić information content (AvgIpc) is 2.38. The lowest BCUT2D eigenvalue weighted by molar-refractivity contribution is 0.0943. The Hall–Kier alpha value is -1.26. The summed E-state index contributed by atoms with van der Waals surface area (Å²) >= 11 is 0. The second-order valence-corrected chi connectivity index (χ2v) is 4.34. The smallest absolute Gasteiger partial charge is 0.125 e. The van der Waals surface area contributed by atoms with Gasteiger partial charge in [-0.1, -0.05) is 0 Å². The van der Waals surface area contributed by atoms with E-state index in [-0.39, 0.29) is 5.92 Å². The zero-order valence-corrected chi connectivity index (χ0v) is 10.3. The molecule has 4 nitrogen and oxygen atoms in total. The molecular weight excluding hydrogens is 218 g/mol. The van der Waals surface area contributed by atoms with Crippen LogP contribution in [0.2, 0.25) is 0 Å². The van der Waals surface area contributed by atoms with Gasteiger partial charge in [-0.2, -0.15) is 0 Å². The van der Waals surface area contributed by atoms with E-state index in [9.17, 15) is 5.11 Å². The number of rotatable bonds is 3. The van der Waals surface area contributed by atoms with Crippen LogP contribution in [-0.4, -0.2) is 25.9 Å². The minimum Gasteiger partial charge on any atom is -0.496 e. The van der Waals surface area contributed by atoms with Gasteiger partial charge in [0.15, 0.2) is 0 Å². The molecule has 4 heteroatoms. The molecule has 1 aromatic carbocycles. The number of methoxy groups -OCH3 is 2. The lowest BCUT2D eigenvalue weighted by Gasteiger charge is -2.31. The van der Waals surface area contributed by atoms with Gasteiger partial charge in [0.25, 0.3) is 0 Å². The van der Waals surface area contributed by atoms with Crippen LogP contribution in [0, 0.1) is 5.92 Å². The van der Waals surface area contributed by atoms with Gasteiger partial charge in [-0.15, -0.1) is 0 Å². The maximum atomic E-state index is 10.3. The third kappa shape index (κ3) is 1.98.